The van der Waals surface area contributed by atoms with Crippen molar-refractivity contribution >= 4 is 5.91 Å². The Morgan fingerprint density at radius 3 is 2.56 bits per heavy atom. The summed E-state index contributed by atoms with van der Waals surface area (Å²) in [5, 5.41) is 8.76. The van der Waals surface area contributed by atoms with Gasteiger partial charge in [0.25, 0.3) is 5.91 Å². The van der Waals surface area contributed by atoms with Gasteiger partial charge in [-0.2, -0.15) is 0 Å². The first-order valence-corrected chi connectivity index (χ1v) is 5.72. The van der Waals surface area contributed by atoms with Crippen LogP contribution in [0.25, 0.3) is 0 Å². The third-order valence-corrected chi connectivity index (χ3v) is 3.26. The number of carbonyl (C=O) groups is 1. The molecule has 16 heavy (non-hydrogen) atoms. The molecule has 5 heteroatoms. The van der Waals surface area contributed by atoms with E-state index >= 15 is 0 Å². The van der Waals surface area contributed by atoms with Crippen molar-refractivity contribution in [3.63, 3.8) is 0 Å². The lowest BCUT2D eigenvalue weighted by atomic mass is 9.79. The number of rotatable bonds is 5. The molecule has 0 aromatic carbocycles. The Morgan fingerprint density at radius 2 is 2.06 bits per heavy atom. The van der Waals surface area contributed by atoms with E-state index in [9.17, 15) is 4.79 Å². The van der Waals surface area contributed by atoms with Crippen LogP contribution >= 0.6 is 0 Å². The molecule has 5 nitrogen and oxygen atoms in total. The second kappa shape index (κ2) is 6.18. The minimum Gasteiger partial charge on any atom is -0.382 e. The van der Waals surface area contributed by atoms with E-state index in [2.05, 4.69) is 6.92 Å². The van der Waals surface area contributed by atoms with Crippen molar-refractivity contribution in [3.05, 3.63) is 0 Å². The summed E-state index contributed by atoms with van der Waals surface area (Å²) in [7, 11) is 1.59. The molecule has 1 aliphatic carbocycles. The lowest BCUT2D eigenvalue weighted by Crippen LogP contribution is -2.50. The van der Waals surface area contributed by atoms with Gasteiger partial charge in [-0.25, -0.2) is 5.48 Å². The highest BCUT2D eigenvalue weighted by Crippen LogP contribution is 2.34. The number of amides is 1. The fraction of sp³-hybridized carbons (Fsp3) is 0.909. The minimum atomic E-state index is -0.861. The van der Waals surface area contributed by atoms with Crippen molar-refractivity contribution in [1.29, 1.82) is 0 Å². The molecule has 94 valence electrons. The highest BCUT2D eigenvalue weighted by molar-refractivity contribution is 5.84. The van der Waals surface area contributed by atoms with Gasteiger partial charge in [0.1, 0.15) is 5.60 Å². The van der Waals surface area contributed by atoms with E-state index in [0.29, 0.717) is 32.0 Å². The second-order valence-electron chi connectivity index (χ2n) is 4.46. The highest BCUT2D eigenvalue weighted by Gasteiger charge is 2.42. The van der Waals surface area contributed by atoms with Crippen LogP contribution in [0.5, 0.6) is 0 Å². The maximum atomic E-state index is 11.7. The van der Waals surface area contributed by atoms with Crippen molar-refractivity contribution in [1.82, 2.24) is 5.48 Å². The second-order valence-corrected chi connectivity index (χ2v) is 4.46. The summed E-state index contributed by atoms with van der Waals surface area (Å²) in [5.41, 5.74) is 0.851. The normalized spacial score (nSPS) is 30.1. The Morgan fingerprint density at radius 1 is 1.44 bits per heavy atom. The van der Waals surface area contributed by atoms with Gasteiger partial charge in [-0.3, -0.25) is 10.0 Å². The van der Waals surface area contributed by atoms with Crippen LogP contribution in [0.1, 0.15) is 32.6 Å². The summed E-state index contributed by atoms with van der Waals surface area (Å²) in [6, 6.07) is 0. The van der Waals surface area contributed by atoms with Crippen LogP contribution in [-0.2, 0) is 14.3 Å². The van der Waals surface area contributed by atoms with Crippen LogP contribution in [0, 0.1) is 5.92 Å². The summed E-state index contributed by atoms with van der Waals surface area (Å²) >= 11 is 0. The number of nitrogens with one attached hydrogen (secondary N) is 1. The van der Waals surface area contributed by atoms with Gasteiger partial charge in [-0.15, -0.1) is 0 Å². The van der Waals surface area contributed by atoms with Crippen LogP contribution < -0.4 is 5.48 Å². The van der Waals surface area contributed by atoms with E-state index in [-0.39, 0.29) is 0 Å². The molecule has 0 atom stereocenters. The van der Waals surface area contributed by atoms with Gasteiger partial charge < -0.3 is 9.47 Å². The first-order chi connectivity index (χ1) is 7.64. The average molecular weight is 231 g/mol. The Bertz CT molecular complexity index is 224. The molecule has 1 rings (SSSR count). The van der Waals surface area contributed by atoms with Crippen molar-refractivity contribution in [2.24, 2.45) is 5.92 Å². The summed E-state index contributed by atoms with van der Waals surface area (Å²) < 4.78 is 10.5. The molecular weight excluding hydrogens is 210 g/mol. The average Bonchev–Trinajstić information content (AvgIpc) is 2.31. The van der Waals surface area contributed by atoms with E-state index in [0.717, 1.165) is 12.8 Å². The number of methoxy groups -OCH3 is 1. The SMILES string of the molecule is COCCO[C@]1(C(=O)NO)CC[C@@H](C)CC1. The maximum absolute atomic E-state index is 11.7. The largest absolute Gasteiger partial charge is 0.382 e. The molecule has 1 aliphatic rings. The highest BCUT2D eigenvalue weighted by atomic mass is 16.5. The molecule has 0 saturated heterocycles. The van der Waals surface area contributed by atoms with Crippen molar-refractivity contribution in [3.8, 4) is 0 Å². The molecule has 0 bridgehead atoms. The molecule has 1 amide bonds. The zero-order valence-electron chi connectivity index (χ0n) is 9.99. The Kier molecular flexibility index (Phi) is 5.18. The first kappa shape index (κ1) is 13.4. The molecule has 0 unspecified atom stereocenters. The summed E-state index contributed by atoms with van der Waals surface area (Å²) in [6.45, 7) is 2.99. The van der Waals surface area contributed by atoms with Gasteiger partial charge in [0.05, 0.1) is 13.2 Å². The van der Waals surface area contributed by atoms with Gasteiger partial charge in [-0.05, 0) is 31.6 Å². The van der Waals surface area contributed by atoms with Crippen LogP contribution in [0.15, 0.2) is 0 Å². The zero-order chi connectivity index (χ0) is 12.0. The lowest BCUT2D eigenvalue weighted by Gasteiger charge is -2.37. The molecule has 0 heterocycles. The Labute approximate surface area is 96.1 Å². The molecule has 0 aliphatic heterocycles. The molecule has 0 radical (unpaired) electrons. The Balaban J connectivity index is 2.58. The molecule has 0 aromatic rings. The monoisotopic (exact) mass is 231 g/mol. The minimum absolute atomic E-state index is 0.373. The van der Waals surface area contributed by atoms with E-state index in [1.807, 2.05) is 0 Å². The predicted molar refractivity (Wildman–Crippen MR) is 58.1 cm³/mol. The molecule has 0 spiro atoms. The van der Waals surface area contributed by atoms with Crippen LogP contribution in [-0.4, -0.2) is 37.0 Å². The number of ether oxygens (including phenoxy) is 2. The predicted octanol–water partition coefficient (Wildman–Crippen LogP) is 1.10. The van der Waals surface area contributed by atoms with Crippen LogP contribution in [0.2, 0.25) is 0 Å². The van der Waals surface area contributed by atoms with Gasteiger partial charge >= 0.3 is 0 Å². The third-order valence-electron chi connectivity index (χ3n) is 3.26. The van der Waals surface area contributed by atoms with Gasteiger partial charge in [0.2, 0.25) is 0 Å². The molecule has 1 saturated carbocycles. The van der Waals surface area contributed by atoms with E-state index < -0.39 is 11.5 Å². The number of hydrogen-bond acceptors (Lipinski definition) is 4. The summed E-state index contributed by atoms with van der Waals surface area (Å²) in [4.78, 5) is 11.7. The molecule has 2 N–H and O–H groups in total. The van der Waals surface area contributed by atoms with Gasteiger partial charge in [0, 0.05) is 7.11 Å². The van der Waals surface area contributed by atoms with E-state index in [1.165, 1.54) is 0 Å². The fourth-order valence-corrected chi connectivity index (χ4v) is 2.09. The molecule has 0 aromatic heterocycles. The van der Waals surface area contributed by atoms with E-state index in [1.54, 1.807) is 12.6 Å². The molecular formula is C11H21NO4. The quantitative estimate of drug-likeness (QED) is 0.422. The van der Waals surface area contributed by atoms with Crippen LogP contribution in [0.3, 0.4) is 0 Å². The fourth-order valence-electron chi connectivity index (χ4n) is 2.09. The third kappa shape index (κ3) is 3.17. The number of hydroxylamine groups is 1. The summed E-state index contributed by atoms with van der Waals surface area (Å²) in [5.74, 6) is 0.182. The van der Waals surface area contributed by atoms with Crippen molar-refractivity contribution in [2.45, 2.75) is 38.2 Å². The number of hydrogen-bond donors (Lipinski definition) is 2. The Hall–Kier alpha value is -0.650. The topological polar surface area (TPSA) is 67.8 Å². The van der Waals surface area contributed by atoms with Crippen molar-refractivity contribution < 1.29 is 19.5 Å². The smallest absolute Gasteiger partial charge is 0.275 e. The first-order valence-electron chi connectivity index (χ1n) is 5.72. The maximum Gasteiger partial charge on any atom is 0.275 e. The standard InChI is InChI=1S/C11H21NO4/c1-9-3-5-11(6-4-9,10(13)12-14)16-8-7-15-2/h9,14H,3-8H2,1-2H3,(H,12,13)/t9-,11-. The zero-order valence-corrected chi connectivity index (χ0v) is 9.99. The molecule has 1 fully saturated rings. The van der Waals surface area contributed by atoms with Gasteiger partial charge in [0.15, 0.2) is 0 Å². The van der Waals surface area contributed by atoms with Gasteiger partial charge in [-0.1, -0.05) is 6.92 Å². The number of carbonyl (C=O) groups excluding carboxylic acids is 1. The van der Waals surface area contributed by atoms with Crippen molar-refractivity contribution in [2.75, 3.05) is 20.3 Å². The van der Waals surface area contributed by atoms with Crippen LogP contribution in [0.4, 0.5) is 0 Å². The van der Waals surface area contributed by atoms with E-state index in [4.69, 9.17) is 14.7 Å². The lowest BCUT2D eigenvalue weighted by molar-refractivity contribution is -0.164. The summed E-state index contributed by atoms with van der Waals surface area (Å²) in [6.07, 6.45) is 3.20.